The average Bonchev–Trinajstić information content (AvgIpc) is 1.36. The molecule has 0 aliphatic rings. The Morgan fingerprint density at radius 3 is 0.694 bits per heavy atom. The maximum atomic E-state index is 13.1. The second-order valence-electron chi connectivity index (χ2n) is 29.4. The molecular weight excluding hydrogens is 1280 g/mol. The minimum absolute atomic E-state index is 0.106. The highest BCUT2D eigenvalue weighted by Gasteiger charge is 2.30. The smallest absolute Gasteiger partial charge is 0.462 e. The summed E-state index contributed by atoms with van der Waals surface area (Å²) >= 11 is 0. The molecule has 0 aliphatic heterocycles. The van der Waals surface area contributed by atoms with E-state index in [2.05, 4.69) is 41.5 Å². The number of carbonyl (C=O) groups excluding carboxylic acids is 4. The molecule has 98 heavy (non-hydrogen) atoms. The molecule has 0 aromatic carbocycles. The fraction of sp³-hybridized carbons (Fsp3) is 0.949. The lowest BCUT2D eigenvalue weighted by Crippen LogP contribution is -2.30. The summed E-state index contributed by atoms with van der Waals surface area (Å²) < 4.78 is 68.6. The van der Waals surface area contributed by atoms with E-state index in [1.807, 2.05) is 0 Å². The van der Waals surface area contributed by atoms with Gasteiger partial charge in [0, 0.05) is 25.7 Å². The van der Waals surface area contributed by atoms with Gasteiger partial charge in [0.15, 0.2) is 12.2 Å². The van der Waals surface area contributed by atoms with Gasteiger partial charge in [0.2, 0.25) is 0 Å². The van der Waals surface area contributed by atoms with Gasteiger partial charge in [-0.3, -0.25) is 37.3 Å². The molecule has 0 saturated heterocycles. The first-order chi connectivity index (χ1) is 47.4. The lowest BCUT2D eigenvalue weighted by molar-refractivity contribution is -0.161. The Morgan fingerprint density at radius 2 is 0.469 bits per heavy atom. The van der Waals surface area contributed by atoms with Gasteiger partial charge in [-0.2, -0.15) is 0 Å². The van der Waals surface area contributed by atoms with Crippen LogP contribution in [0.3, 0.4) is 0 Å². The molecule has 582 valence electrons. The number of hydrogen-bond acceptors (Lipinski definition) is 15. The van der Waals surface area contributed by atoms with Crippen LogP contribution in [0.5, 0.6) is 0 Å². The van der Waals surface area contributed by atoms with Crippen LogP contribution in [0.4, 0.5) is 0 Å². The quantitative estimate of drug-likeness (QED) is 0.0222. The first-order valence-electron chi connectivity index (χ1n) is 41.0. The number of unbranched alkanes of at least 4 members (excludes halogenated alkanes) is 48. The minimum Gasteiger partial charge on any atom is -0.462 e. The van der Waals surface area contributed by atoms with E-state index >= 15 is 0 Å². The lowest BCUT2D eigenvalue weighted by Gasteiger charge is -2.21. The number of esters is 4. The summed E-state index contributed by atoms with van der Waals surface area (Å²) in [5.74, 6) is -0.653. The largest absolute Gasteiger partial charge is 0.472 e. The van der Waals surface area contributed by atoms with Crippen molar-refractivity contribution >= 4 is 39.5 Å². The van der Waals surface area contributed by atoms with Crippen molar-refractivity contribution in [2.24, 2.45) is 11.8 Å². The van der Waals surface area contributed by atoms with Crippen molar-refractivity contribution in [2.45, 2.75) is 432 Å². The van der Waals surface area contributed by atoms with E-state index in [1.54, 1.807) is 0 Å². The molecule has 0 aromatic heterocycles. The van der Waals surface area contributed by atoms with Gasteiger partial charge in [-0.1, -0.05) is 363 Å². The van der Waals surface area contributed by atoms with Gasteiger partial charge < -0.3 is 33.8 Å². The molecule has 2 unspecified atom stereocenters. The van der Waals surface area contributed by atoms with Gasteiger partial charge in [0.1, 0.15) is 19.3 Å². The molecule has 0 heterocycles. The van der Waals surface area contributed by atoms with Crippen LogP contribution >= 0.6 is 15.6 Å². The monoisotopic (exact) mass is 1440 g/mol. The van der Waals surface area contributed by atoms with Crippen LogP contribution in [0.2, 0.25) is 0 Å². The topological polar surface area (TPSA) is 237 Å². The summed E-state index contributed by atoms with van der Waals surface area (Å²) in [5, 5.41) is 10.6. The lowest BCUT2D eigenvalue weighted by atomic mass is 10.0. The molecule has 19 heteroatoms. The molecule has 17 nitrogen and oxygen atoms in total. The van der Waals surface area contributed by atoms with Crippen LogP contribution < -0.4 is 0 Å². The number of ether oxygens (including phenoxy) is 4. The van der Waals surface area contributed by atoms with Gasteiger partial charge in [-0.15, -0.1) is 0 Å². The first-order valence-corrected chi connectivity index (χ1v) is 44.0. The maximum absolute atomic E-state index is 13.1. The molecule has 0 fully saturated rings. The van der Waals surface area contributed by atoms with Crippen molar-refractivity contribution in [3.63, 3.8) is 0 Å². The van der Waals surface area contributed by atoms with Crippen LogP contribution in [-0.4, -0.2) is 96.7 Å². The standard InChI is InChI=1S/C79H154O17P2/c1-7-9-11-13-15-17-19-21-22-23-24-25-26-27-28-29-30-36-40-44-52-58-64-79(84)95-74(67-89-76(81)61-55-49-42-38-35-32-31-33-37-41-47-53-59-71(3)4)69-93-97(85,86)91-65-73(80)66-92-98(87,88)94-70-75(68-90-77(82)62-56-50-46-45-48-54-60-72(5)6)96-78(83)63-57-51-43-39-34-20-18-16-14-12-10-8-2/h71-75,80H,7-70H2,1-6H3,(H,85,86)(H,87,88)/t73-,74-,75-/m1/s1. The van der Waals surface area contributed by atoms with E-state index in [1.165, 1.54) is 225 Å². The van der Waals surface area contributed by atoms with Crippen LogP contribution in [0, 0.1) is 11.8 Å². The zero-order valence-corrected chi connectivity index (χ0v) is 65.9. The molecule has 0 rings (SSSR count). The Morgan fingerprint density at radius 1 is 0.276 bits per heavy atom. The van der Waals surface area contributed by atoms with Crippen molar-refractivity contribution in [3.05, 3.63) is 0 Å². The number of aliphatic hydroxyl groups is 1. The van der Waals surface area contributed by atoms with Crippen LogP contribution in [-0.2, 0) is 65.4 Å². The maximum Gasteiger partial charge on any atom is 0.472 e. The molecule has 5 atom stereocenters. The van der Waals surface area contributed by atoms with Crippen LogP contribution in [0.25, 0.3) is 0 Å². The third-order valence-electron chi connectivity index (χ3n) is 18.5. The Balaban J connectivity index is 5.19. The highest BCUT2D eigenvalue weighted by atomic mass is 31.2. The second-order valence-corrected chi connectivity index (χ2v) is 32.3. The van der Waals surface area contributed by atoms with Gasteiger partial charge in [0.05, 0.1) is 26.4 Å². The number of rotatable bonds is 78. The number of phosphoric ester groups is 2. The molecule has 0 amide bonds. The summed E-state index contributed by atoms with van der Waals surface area (Å²) in [6.07, 6.45) is 59.9. The first kappa shape index (κ1) is 96.1. The van der Waals surface area contributed by atoms with Crippen molar-refractivity contribution in [1.82, 2.24) is 0 Å². The summed E-state index contributed by atoms with van der Waals surface area (Å²) in [6, 6.07) is 0. The van der Waals surface area contributed by atoms with Gasteiger partial charge in [-0.05, 0) is 37.5 Å². The summed E-state index contributed by atoms with van der Waals surface area (Å²) in [4.78, 5) is 72.8. The van der Waals surface area contributed by atoms with E-state index in [-0.39, 0.29) is 25.7 Å². The number of carbonyl (C=O) groups is 4. The van der Waals surface area contributed by atoms with E-state index in [0.717, 1.165) is 102 Å². The van der Waals surface area contributed by atoms with Crippen molar-refractivity contribution in [2.75, 3.05) is 39.6 Å². The zero-order valence-electron chi connectivity index (χ0n) is 64.1. The summed E-state index contributed by atoms with van der Waals surface area (Å²) in [7, 11) is -9.91. The minimum atomic E-state index is -4.96. The van der Waals surface area contributed by atoms with Gasteiger partial charge in [0.25, 0.3) is 0 Å². The highest BCUT2D eigenvalue weighted by molar-refractivity contribution is 7.47. The third kappa shape index (κ3) is 72.4. The summed E-state index contributed by atoms with van der Waals surface area (Å²) in [6.45, 7) is 9.54. The molecule has 0 aromatic rings. The SMILES string of the molecule is CCCCCCCCCCCCCCCCCCCCCCCCC(=O)O[C@H](COC(=O)CCCCCCCCCCCCCCC(C)C)COP(=O)(O)OC[C@@H](O)COP(=O)(O)OC[C@@H](COC(=O)CCCCCCCCC(C)C)OC(=O)CCCCCCCCCCCCCC. The summed E-state index contributed by atoms with van der Waals surface area (Å²) in [5.41, 5.74) is 0. The third-order valence-corrected chi connectivity index (χ3v) is 20.4. The molecule has 0 saturated carbocycles. The van der Waals surface area contributed by atoms with Crippen LogP contribution in [0.1, 0.15) is 414 Å². The fourth-order valence-corrected chi connectivity index (χ4v) is 13.8. The predicted molar refractivity (Wildman–Crippen MR) is 400 cm³/mol. The fourth-order valence-electron chi connectivity index (χ4n) is 12.2. The molecule has 3 N–H and O–H groups in total. The van der Waals surface area contributed by atoms with Gasteiger partial charge >= 0.3 is 39.5 Å². The highest BCUT2D eigenvalue weighted by Crippen LogP contribution is 2.45. The molecule has 0 bridgehead atoms. The van der Waals surface area contributed by atoms with Crippen molar-refractivity contribution in [3.8, 4) is 0 Å². The number of aliphatic hydroxyl groups excluding tert-OH is 1. The van der Waals surface area contributed by atoms with Crippen molar-refractivity contribution in [1.29, 1.82) is 0 Å². The van der Waals surface area contributed by atoms with E-state index in [0.29, 0.717) is 31.6 Å². The zero-order chi connectivity index (χ0) is 72.1. The number of hydrogen-bond donors (Lipinski definition) is 3. The van der Waals surface area contributed by atoms with Gasteiger partial charge in [-0.25, -0.2) is 9.13 Å². The average molecular weight is 1440 g/mol. The van der Waals surface area contributed by atoms with E-state index in [9.17, 15) is 43.2 Å². The van der Waals surface area contributed by atoms with Crippen LogP contribution in [0.15, 0.2) is 0 Å². The Hall–Kier alpha value is -1.94. The van der Waals surface area contributed by atoms with Crippen molar-refractivity contribution < 1.29 is 80.2 Å². The predicted octanol–water partition coefficient (Wildman–Crippen LogP) is 23.5. The van der Waals surface area contributed by atoms with E-state index < -0.39 is 97.5 Å². The molecule has 0 radical (unpaired) electrons. The molecular formula is C79H154O17P2. The van der Waals surface area contributed by atoms with E-state index in [4.69, 9.17) is 37.0 Å². The molecule has 0 spiro atoms. The Bertz CT molecular complexity index is 1890. The Kier molecular flexibility index (Phi) is 69.3. The normalized spacial score (nSPS) is 13.9. The second kappa shape index (κ2) is 70.7. The number of phosphoric acid groups is 2. The Labute approximate surface area is 600 Å². The molecule has 0 aliphatic carbocycles.